The first kappa shape index (κ1) is 11.7. The minimum absolute atomic E-state index is 1.02. The standard InChI is InChI=1S/C17H16N2/c1-12-8-10-15(18-12)17(14-6-4-3-5-7-14)16-11-9-13(2)19-16/h3-11,18H,1-2H3. The van der Waals surface area contributed by atoms with Gasteiger partial charge in [-0.1, -0.05) is 30.3 Å². The quantitative estimate of drug-likeness (QED) is 0.828. The lowest BCUT2D eigenvalue weighted by atomic mass is 10.0. The number of H-pyrrole nitrogens is 1. The van der Waals surface area contributed by atoms with E-state index in [9.17, 15) is 0 Å². The fourth-order valence-corrected chi connectivity index (χ4v) is 2.30. The average Bonchev–Trinajstić information content (AvgIpc) is 3.01. The number of nitrogens with zero attached hydrogens (tertiary/aromatic N) is 1. The first-order valence-electron chi connectivity index (χ1n) is 6.43. The Kier molecular flexibility index (Phi) is 2.92. The van der Waals surface area contributed by atoms with Crippen molar-refractivity contribution in [2.24, 2.45) is 4.99 Å². The molecule has 0 bridgehead atoms. The highest BCUT2D eigenvalue weighted by Gasteiger charge is 2.13. The highest BCUT2D eigenvalue weighted by atomic mass is 14.8. The molecular weight excluding hydrogens is 232 g/mol. The summed E-state index contributed by atoms with van der Waals surface area (Å²) in [5, 5.41) is 0. The van der Waals surface area contributed by atoms with Gasteiger partial charge in [-0.2, -0.15) is 0 Å². The van der Waals surface area contributed by atoms with Gasteiger partial charge in [-0.15, -0.1) is 0 Å². The van der Waals surface area contributed by atoms with Gasteiger partial charge in [0.2, 0.25) is 0 Å². The van der Waals surface area contributed by atoms with Gasteiger partial charge in [0, 0.05) is 22.7 Å². The molecule has 2 heteroatoms. The van der Waals surface area contributed by atoms with Crippen LogP contribution in [0.1, 0.15) is 23.9 Å². The van der Waals surface area contributed by atoms with Gasteiger partial charge in [0.15, 0.2) is 0 Å². The van der Waals surface area contributed by atoms with Crippen molar-refractivity contribution in [2.75, 3.05) is 0 Å². The molecule has 2 nitrogen and oxygen atoms in total. The van der Waals surface area contributed by atoms with Crippen LogP contribution in [0.5, 0.6) is 0 Å². The third kappa shape index (κ3) is 2.29. The van der Waals surface area contributed by atoms with Crippen molar-refractivity contribution in [2.45, 2.75) is 13.8 Å². The van der Waals surface area contributed by atoms with Crippen molar-refractivity contribution in [1.29, 1.82) is 0 Å². The van der Waals surface area contributed by atoms with Gasteiger partial charge in [-0.05, 0) is 43.7 Å². The molecule has 1 N–H and O–H groups in total. The normalized spacial score (nSPS) is 16.6. The summed E-state index contributed by atoms with van der Waals surface area (Å²) >= 11 is 0. The minimum atomic E-state index is 1.02. The van der Waals surface area contributed by atoms with Gasteiger partial charge in [-0.25, -0.2) is 0 Å². The number of allylic oxidation sites excluding steroid dienone is 2. The molecule has 1 aromatic carbocycles. The van der Waals surface area contributed by atoms with Gasteiger partial charge in [0.25, 0.3) is 0 Å². The third-order valence-corrected chi connectivity index (χ3v) is 3.20. The monoisotopic (exact) mass is 248 g/mol. The van der Waals surface area contributed by atoms with Crippen molar-refractivity contribution in [3.05, 3.63) is 77.3 Å². The van der Waals surface area contributed by atoms with Gasteiger partial charge in [0.1, 0.15) is 0 Å². The maximum atomic E-state index is 4.62. The zero-order valence-corrected chi connectivity index (χ0v) is 11.1. The molecule has 0 spiro atoms. The number of nitrogens with one attached hydrogen (secondary N) is 1. The smallest absolute Gasteiger partial charge is 0.0732 e. The van der Waals surface area contributed by atoms with Crippen molar-refractivity contribution in [3.63, 3.8) is 0 Å². The first-order chi connectivity index (χ1) is 9.24. The van der Waals surface area contributed by atoms with E-state index < -0.39 is 0 Å². The summed E-state index contributed by atoms with van der Waals surface area (Å²) in [4.78, 5) is 8.02. The highest BCUT2D eigenvalue weighted by Crippen LogP contribution is 2.29. The largest absolute Gasteiger partial charge is 0.359 e. The summed E-state index contributed by atoms with van der Waals surface area (Å²) < 4.78 is 0. The molecule has 1 aromatic heterocycles. The van der Waals surface area contributed by atoms with Crippen LogP contribution in [0.2, 0.25) is 0 Å². The number of aliphatic imine (C=N–C) groups is 1. The summed E-state index contributed by atoms with van der Waals surface area (Å²) in [5.74, 6) is 0. The Balaban J connectivity index is 2.21. The molecule has 0 amide bonds. The molecule has 1 aliphatic heterocycles. The van der Waals surface area contributed by atoms with Crippen LogP contribution in [0.4, 0.5) is 0 Å². The molecule has 0 atom stereocenters. The Morgan fingerprint density at radius 2 is 1.74 bits per heavy atom. The number of rotatable bonds is 2. The molecule has 0 saturated heterocycles. The Morgan fingerprint density at radius 3 is 2.32 bits per heavy atom. The molecule has 2 aromatic rings. The molecule has 1 aliphatic rings. The number of hydrogen-bond acceptors (Lipinski definition) is 1. The van der Waals surface area contributed by atoms with E-state index in [1.807, 2.05) is 19.1 Å². The lowest BCUT2D eigenvalue weighted by Gasteiger charge is -2.08. The van der Waals surface area contributed by atoms with Crippen LogP contribution in [-0.2, 0) is 0 Å². The highest BCUT2D eigenvalue weighted by molar-refractivity contribution is 5.99. The van der Waals surface area contributed by atoms with Gasteiger partial charge < -0.3 is 4.98 Å². The van der Waals surface area contributed by atoms with E-state index in [0.29, 0.717) is 0 Å². The molecule has 19 heavy (non-hydrogen) atoms. The summed E-state index contributed by atoms with van der Waals surface area (Å²) in [6.07, 6.45) is 4.13. The van der Waals surface area contributed by atoms with Crippen LogP contribution in [0.25, 0.3) is 5.57 Å². The van der Waals surface area contributed by atoms with E-state index in [4.69, 9.17) is 0 Å². The lowest BCUT2D eigenvalue weighted by molar-refractivity contribution is 1.23. The number of hydrogen-bond donors (Lipinski definition) is 1. The second-order valence-electron chi connectivity index (χ2n) is 4.77. The van der Waals surface area contributed by atoms with E-state index in [1.165, 1.54) is 5.56 Å². The number of benzene rings is 1. The summed E-state index contributed by atoms with van der Waals surface area (Å²) in [7, 11) is 0. The molecule has 94 valence electrons. The number of aryl methyl sites for hydroxylation is 1. The predicted molar refractivity (Wildman–Crippen MR) is 80.2 cm³/mol. The lowest BCUT2D eigenvalue weighted by Crippen LogP contribution is -1.92. The van der Waals surface area contributed by atoms with Gasteiger partial charge in [0.05, 0.1) is 5.70 Å². The van der Waals surface area contributed by atoms with Gasteiger partial charge >= 0.3 is 0 Å². The Labute approximate surface area is 113 Å². The average molecular weight is 248 g/mol. The molecule has 0 saturated carbocycles. The van der Waals surface area contributed by atoms with Crippen LogP contribution < -0.4 is 0 Å². The maximum Gasteiger partial charge on any atom is 0.0732 e. The van der Waals surface area contributed by atoms with Crippen molar-refractivity contribution in [3.8, 4) is 0 Å². The van der Waals surface area contributed by atoms with E-state index >= 15 is 0 Å². The van der Waals surface area contributed by atoms with Crippen LogP contribution in [0.15, 0.2) is 65.3 Å². The Bertz CT molecular complexity index is 685. The Morgan fingerprint density at radius 1 is 0.947 bits per heavy atom. The molecular formula is C17H16N2. The van der Waals surface area contributed by atoms with E-state index in [0.717, 1.165) is 28.4 Å². The zero-order valence-electron chi connectivity index (χ0n) is 11.1. The minimum Gasteiger partial charge on any atom is -0.359 e. The SMILES string of the molecule is CC1=NC(=C(c2ccccc2)c2ccc(C)[nH]2)C=C1. The predicted octanol–water partition coefficient (Wildman–Crippen LogP) is 4.11. The summed E-state index contributed by atoms with van der Waals surface area (Å²) in [5.41, 5.74) is 6.68. The van der Waals surface area contributed by atoms with Crippen molar-refractivity contribution >= 4 is 11.3 Å². The molecule has 3 rings (SSSR count). The summed E-state index contributed by atoms with van der Waals surface area (Å²) in [6, 6.07) is 14.6. The zero-order chi connectivity index (χ0) is 13.2. The van der Waals surface area contributed by atoms with Crippen LogP contribution in [-0.4, -0.2) is 10.7 Å². The molecule has 2 heterocycles. The first-order valence-corrected chi connectivity index (χ1v) is 6.43. The van der Waals surface area contributed by atoms with E-state index in [2.05, 4.69) is 59.4 Å². The third-order valence-electron chi connectivity index (χ3n) is 3.20. The Hall–Kier alpha value is -2.35. The van der Waals surface area contributed by atoms with E-state index in [1.54, 1.807) is 0 Å². The second-order valence-corrected chi connectivity index (χ2v) is 4.77. The summed E-state index contributed by atoms with van der Waals surface area (Å²) in [6.45, 7) is 4.09. The number of aromatic amines is 1. The van der Waals surface area contributed by atoms with Crippen LogP contribution >= 0.6 is 0 Å². The van der Waals surface area contributed by atoms with Gasteiger partial charge in [-0.3, -0.25) is 4.99 Å². The molecule has 0 radical (unpaired) electrons. The van der Waals surface area contributed by atoms with Crippen molar-refractivity contribution < 1.29 is 0 Å². The number of aromatic nitrogens is 1. The molecule has 0 unspecified atom stereocenters. The topological polar surface area (TPSA) is 28.1 Å². The fourth-order valence-electron chi connectivity index (χ4n) is 2.30. The van der Waals surface area contributed by atoms with Crippen LogP contribution in [0, 0.1) is 6.92 Å². The second kappa shape index (κ2) is 4.73. The van der Waals surface area contributed by atoms with Crippen molar-refractivity contribution in [1.82, 2.24) is 4.98 Å². The van der Waals surface area contributed by atoms with Crippen LogP contribution in [0.3, 0.4) is 0 Å². The molecule has 0 aliphatic carbocycles. The molecule has 0 fully saturated rings. The fraction of sp³-hybridized carbons (Fsp3) is 0.118. The maximum absolute atomic E-state index is 4.62. The van der Waals surface area contributed by atoms with E-state index in [-0.39, 0.29) is 0 Å².